The third kappa shape index (κ3) is 3.48. The molecule has 0 spiro atoms. The number of carboxylic acids is 1. The van der Waals surface area contributed by atoms with Gasteiger partial charge in [0.1, 0.15) is 5.82 Å². The summed E-state index contributed by atoms with van der Waals surface area (Å²) in [5.41, 5.74) is 0.965. The lowest BCUT2D eigenvalue weighted by molar-refractivity contribution is -0.138. The zero-order valence-corrected chi connectivity index (χ0v) is 13.8. The first-order chi connectivity index (χ1) is 11.9. The van der Waals surface area contributed by atoms with E-state index in [4.69, 9.17) is 9.84 Å². The fourth-order valence-corrected chi connectivity index (χ4v) is 3.41. The SMILES string of the molecule is COC1CC(CC(=O)O)N(C(=O)c2cc3c(cc2F)NC(=O)CC3)C1. The van der Waals surface area contributed by atoms with E-state index in [1.165, 1.54) is 18.1 Å². The van der Waals surface area contributed by atoms with Crippen LogP contribution in [0.5, 0.6) is 0 Å². The minimum Gasteiger partial charge on any atom is -0.481 e. The van der Waals surface area contributed by atoms with Gasteiger partial charge in [-0.1, -0.05) is 0 Å². The number of rotatable bonds is 4. The fraction of sp³-hybridized carbons (Fsp3) is 0.471. The van der Waals surface area contributed by atoms with E-state index in [1.807, 2.05) is 0 Å². The average Bonchev–Trinajstić information content (AvgIpc) is 2.95. The van der Waals surface area contributed by atoms with E-state index >= 15 is 0 Å². The number of likely N-dealkylation sites (tertiary alicyclic amines) is 1. The van der Waals surface area contributed by atoms with Gasteiger partial charge in [-0.2, -0.15) is 0 Å². The number of benzene rings is 1. The molecule has 25 heavy (non-hydrogen) atoms. The van der Waals surface area contributed by atoms with Gasteiger partial charge in [-0.05, 0) is 30.5 Å². The maximum atomic E-state index is 14.4. The molecule has 1 aromatic carbocycles. The first-order valence-electron chi connectivity index (χ1n) is 8.07. The number of anilines is 1. The summed E-state index contributed by atoms with van der Waals surface area (Å²) in [6, 6.07) is 2.06. The van der Waals surface area contributed by atoms with Crippen molar-refractivity contribution in [2.45, 2.75) is 37.8 Å². The van der Waals surface area contributed by atoms with Crippen molar-refractivity contribution < 1.29 is 28.6 Å². The van der Waals surface area contributed by atoms with Gasteiger partial charge in [0.05, 0.1) is 18.1 Å². The van der Waals surface area contributed by atoms with Crippen molar-refractivity contribution in [3.05, 3.63) is 29.1 Å². The minimum absolute atomic E-state index is 0.109. The van der Waals surface area contributed by atoms with Gasteiger partial charge >= 0.3 is 5.97 Å². The van der Waals surface area contributed by atoms with Crippen molar-refractivity contribution in [2.24, 2.45) is 0 Å². The number of carboxylic acid groups (broad SMARTS) is 1. The molecule has 1 aromatic rings. The number of halogens is 1. The van der Waals surface area contributed by atoms with Crippen LogP contribution in [0.25, 0.3) is 0 Å². The maximum absolute atomic E-state index is 14.4. The van der Waals surface area contributed by atoms with Crippen molar-refractivity contribution in [3.63, 3.8) is 0 Å². The second-order valence-electron chi connectivity index (χ2n) is 6.34. The Bertz CT molecular complexity index is 736. The number of ether oxygens (including phenoxy) is 1. The lowest BCUT2D eigenvalue weighted by atomic mass is 9.99. The second kappa shape index (κ2) is 6.79. The Labute approximate surface area is 143 Å². The third-order valence-electron chi connectivity index (χ3n) is 4.70. The Balaban J connectivity index is 1.89. The van der Waals surface area contributed by atoms with Gasteiger partial charge in [0.25, 0.3) is 5.91 Å². The number of carbonyl (C=O) groups excluding carboxylic acids is 2. The Morgan fingerprint density at radius 3 is 2.84 bits per heavy atom. The summed E-state index contributed by atoms with van der Waals surface area (Å²) in [7, 11) is 1.50. The van der Waals surface area contributed by atoms with Crippen LogP contribution in [0, 0.1) is 5.82 Å². The summed E-state index contributed by atoms with van der Waals surface area (Å²) in [6.45, 7) is 0.223. The highest BCUT2D eigenvalue weighted by Gasteiger charge is 2.38. The molecule has 0 radical (unpaired) electrons. The van der Waals surface area contributed by atoms with Crippen LogP contribution in [0.1, 0.15) is 35.2 Å². The predicted molar refractivity (Wildman–Crippen MR) is 85.8 cm³/mol. The van der Waals surface area contributed by atoms with E-state index in [-0.39, 0.29) is 37.0 Å². The molecule has 2 N–H and O–H groups in total. The van der Waals surface area contributed by atoms with Gasteiger partial charge in [0.15, 0.2) is 0 Å². The molecule has 2 aliphatic rings. The molecule has 2 amide bonds. The molecule has 0 aliphatic carbocycles. The van der Waals surface area contributed by atoms with Crippen molar-refractivity contribution >= 4 is 23.5 Å². The lowest BCUT2D eigenvalue weighted by Gasteiger charge is -2.25. The predicted octanol–water partition coefficient (Wildman–Crippen LogP) is 1.41. The quantitative estimate of drug-likeness (QED) is 0.856. The monoisotopic (exact) mass is 350 g/mol. The molecule has 0 bridgehead atoms. The van der Waals surface area contributed by atoms with Crippen LogP contribution in [0.2, 0.25) is 0 Å². The zero-order chi connectivity index (χ0) is 18.1. The highest BCUT2D eigenvalue weighted by Crippen LogP contribution is 2.29. The molecule has 3 rings (SSSR count). The molecule has 8 heteroatoms. The molecule has 2 unspecified atom stereocenters. The Morgan fingerprint density at radius 2 is 2.16 bits per heavy atom. The summed E-state index contributed by atoms with van der Waals surface area (Å²) >= 11 is 0. The number of amides is 2. The number of carbonyl (C=O) groups is 3. The molecule has 2 atom stereocenters. The number of nitrogens with zero attached hydrogens (tertiary/aromatic N) is 1. The molecule has 1 saturated heterocycles. The van der Waals surface area contributed by atoms with E-state index in [1.54, 1.807) is 0 Å². The van der Waals surface area contributed by atoms with Gasteiger partial charge in [-0.15, -0.1) is 0 Å². The molecular formula is C17H19FN2O5. The topological polar surface area (TPSA) is 95.9 Å². The third-order valence-corrected chi connectivity index (χ3v) is 4.70. The number of methoxy groups -OCH3 is 1. The van der Waals surface area contributed by atoms with Crippen LogP contribution >= 0.6 is 0 Å². The highest BCUT2D eigenvalue weighted by molar-refractivity contribution is 5.98. The van der Waals surface area contributed by atoms with Crippen LogP contribution in [-0.2, 0) is 20.7 Å². The van der Waals surface area contributed by atoms with Gasteiger partial charge in [-0.3, -0.25) is 14.4 Å². The van der Waals surface area contributed by atoms with E-state index in [2.05, 4.69) is 5.32 Å². The van der Waals surface area contributed by atoms with E-state index in [0.717, 1.165) is 6.07 Å². The minimum atomic E-state index is -1.02. The molecule has 1 fully saturated rings. The fourth-order valence-electron chi connectivity index (χ4n) is 3.41. The maximum Gasteiger partial charge on any atom is 0.305 e. The normalized spacial score (nSPS) is 22.5. The Hall–Kier alpha value is -2.48. The summed E-state index contributed by atoms with van der Waals surface area (Å²) < 4.78 is 19.7. The van der Waals surface area contributed by atoms with Gasteiger partial charge in [0, 0.05) is 31.8 Å². The summed E-state index contributed by atoms with van der Waals surface area (Å²) in [6.07, 6.45) is 0.628. The van der Waals surface area contributed by atoms with E-state index < -0.39 is 23.7 Å². The molecule has 0 saturated carbocycles. The Kier molecular flexibility index (Phi) is 4.71. The summed E-state index contributed by atoms with van der Waals surface area (Å²) in [4.78, 5) is 36.6. The van der Waals surface area contributed by atoms with Gasteiger partial charge < -0.3 is 20.1 Å². The number of hydrogen-bond donors (Lipinski definition) is 2. The van der Waals surface area contributed by atoms with Crippen LogP contribution in [-0.4, -0.2) is 53.6 Å². The number of hydrogen-bond acceptors (Lipinski definition) is 4. The van der Waals surface area contributed by atoms with Crippen LogP contribution in [0.3, 0.4) is 0 Å². The van der Waals surface area contributed by atoms with Crippen LogP contribution in [0.4, 0.5) is 10.1 Å². The molecule has 134 valence electrons. The van der Waals surface area contributed by atoms with E-state index in [9.17, 15) is 18.8 Å². The Morgan fingerprint density at radius 1 is 1.40 bits per heavy atom. The number of nitrogens with one attached hydrogen (secondary N) is 1. The van der Waals surface area contributed by atoms with Crippen LogP contribution < -0.4 is 5.32 Å². The molecule has 2 aliphatic heterocycles. The number of aliphatic carboxylic acids is 1. The van der Waals surface area contributed by atoms with Crippen molar-refractivity contribution in [1.82, 2.24) is 4.90 Å². The molecular weight excluding hydrogens is 331 g/mol. The average molecular weight is 350 g/mol. The van der Waals surface area contributed by atoms with Crippen LogP contribution in [0.15, 0.2) is 12.1 Å². The number of aryl methyl sites for hydroxylation is 1. The standard InChI is InChI=1S/C17H19FN2O5/c1-25-11-5-10(6-16(22)23)20(8-11)17(24)12-4-9-2-3-15(21)19-14(9)7-13(12)18/h4,7,10-11H,2-3,5-6,8H2,1H3,(H,19,21)(H,22,23). The lowest BCUT2D eigenvalue weighted by Crippen LogP contribution is -2.38. The smallest absolute Gasteiger partial charge is 0.305 e. The first kappa shape index (κ1) is 17.3. The largest absolute Gasteiger partial charge is 0.481 e. The summed E-state index contributed by atoms with van der Waals surface area (Å²) in [5.74, 6) is -2.49. The van der Waals surface area contributed by atoms with E-state index in [0.29, 0.717) is 24.1 Å². The van der Waals surface area contributed by atoms with Crippen molar-refractivity contribution in [1.29, 1.82) is 0 Å². The van der Waals surface area contributed by atoms with Crippen molar-refractivity contribution in [3.8, 4) is 0 Å². The highest BCUT2D eigenvalue weighted by atomic mass is 19.1. The molecule has 0 aromatic heterocycles. The number of fused-ring (bicyclic) bond motifs is 1. The second-order valence-corrected chi connectivity index (χ2v) is 6.34. The van der Waals surface area contributed by atoms with Gasteiger partial charge in [0.2, 0.25) is 5.91 Å². The van der Waals surface area contributed by atoms with Gasteiger partial charge in [-0.25, -0.2) is 4.39 Å². The summed E-state index contributed by atoms with van der Waals surface area (Å²) in [5, 5.41) is 11.6. The molecule has 7 nitrogen and oxygen atoms in total. The van der Waals surface area contributed by atoms with Crippen molar-refractivity contribution in [2.75, 3.05) is 19.0 Å². The first-order valence-corrected chi connectivity index (χ1v) is 8.07. The zero-order valence-electron chi connectivity index (χ0n) is 13.8. The molecule has 2 heterocycles.